The van der Waals surface area contributed by atoms with E-state index in [9.17, 15) is 4.79 Å². The van der Waals surface area contributed by atoms with Crippen LogP contribution in [-0.2, 0) is 4.79 Å². The Balaban J connectivity index is 1.85. The zero-order valence-corrected chi connectivity index (χ0v) is 9.42. The minimum atomic E-state index is -0.00296. The van der Waals surface area contributed by atoms with Crippen LogP contribution in [0.5, 0.6) is 0 Å². The molecule has 3 rings (SSSR count). The summed E-state index contributed by atoms with van der Waals surface area (Å²) in [6.07, 6.45) is 2.52. The Hall–Kier alpha value is -1.35. The second kappa shape index (κ2) is 3.59. The van der Waals surface area contributed by atoms with Gasteiger partial charge in [-0.15, -0.1) is 0 Å². The summed E-state index contributed by atoms with van der Waals surface area (Å²) in [5, 5.41) is 6.39. The third-order valence-electron chi connectivity index (χ3n) is 3.43. The second-order valence-electron chi connectivity index (χ2n) is 4.76. The normalized spacial score (nSPS) is 23.1. The van der Waals surface area contributed by atoms with Crippen LogP contribution in [-0.4, -0.2) is 18.5 Å². The van der Waals surface area contributed by atoms with Gasteiger partial charge in [0.05, 0.1) is 5.92 Å². The number of fused-ring (bicyclic) bond motifs is 1. The van der Waals surface area contributed by atoms with Gasteiger partial charge in [-0.25, -0.2) is 0 Å². The molecule has 1 saturated carbocycles. The summed E-state index contributed by atoms with van der Waals surface area (Å²) in [6, 6.07) is 6.70. The molecule has 1 aromatic rings. The molecule has 1 aliphatic carbocycles. The fourth-order valence-electron chi connectivity index (χ4n) is 2.37. The highest BCUT2D eigenvalue weighted by Gasteiger charge is 2.33. The lowest BCUT2D eigenvalue weighted by Gasteiger charge is -2.11. The fraction of sp³-hybridized carbons (Fsp3) is 0.462. The van der Waals surface area contributed by atoms with E-state index in [0.717, 1.165) is 12.2 Å². The van der Waals surface area contributed by atoms with Gasteiger partial charge in [-0.05, 0) is 37.0 Å². The molecule has 1 aromatic carbocycles. The minimum absolute atomic E-state index is 0.00296. The van der Waals surface area contributed by atoms with Crippen LogP contribution in [0, 0.1) is 6.92 Å². The number of nitrogens with one attached hydrogen (secondary N) is 2. The first-order valence-corrected chi connectivity index (χ1v) is 5.89. The number of aryl methyl sites for hydroxylation is 1. The Bertz CT molecular complexity index is 438. The van der Waals surface area contributed by atoms with Gasteiger partial charge in [0.2, 0.25) is 5.91 Å². The van der Waals surface area contributed by atoms with Crippen LogP contribution < -0.4 is 10.6 Å². The topological polar surface area (TPSA) is 41.1 Å². The molecule has 2 N–H and O–H groups in total. The average molecular weight is 216 g/mol. The van der Waals surface area contributed by atoms with E-state index >= 15 is 0 Å². The van der Waals surface area contributed by atoms with Gasteiger partial charge < -0.3 is 10.6 Å². The van der Waals surface area contributed by atoms with Gasteiger partial charge in [-0.3, -0.25) is 4.79 Å². The summed E-state index contributed by atoms with van der Waals surface area (Å²) in [5.41, 5.74) is 3.38. The predicted octanol–water partition coefficient (Wildman–Crippen LogP) is 1.78. The van der Waals surface area contributed by atoms with Crippen LogP contribution in [0.25, 0.3) is 0 Å². The van der Waals surface area contributed by atoms with E-state index in [1.54, 1.807) is 0 Å². The number of benzene rings is 1. The molecule has 3 nitrogen and oxygen atoms in total. The summed E-state index contributed by atoms with van der Waals surface area (Å²) < 4.78 is 0. The van der Waals surface area contributed by atoms with Crippen molar-refractivity contribution < 1.29 is 4.79 Å². The summed E-state index contributed by atoms with van der Waals surface area (Å²) in [6.45, 7) is 2.84. The third-order valence-corrected chi connectivity index (χ3v) is 3.43. The molecule has 0 spiro atoms. The van der Waals surface area contributed by atoms with E-state index in [1.807, 2.05) is 12.1 Å². The van der Waals surface area contributed by atoms with Gasteiger partial charge in [0.25, 0.3) is 0 Å². The van der Waals surface area contributed by atoms with Crippen LogP contribution in [0.4, 0.5) is 5.69 Å². The van der Waals surface area contributed by atoms with Crippen molar-refractivity contribution >= 4 is 11.6 Å². The fourth-order valence-corrected chi connectivity index (χ4v) is 2.37. The van der Waals surface area contributed by atoms with E-state index in [2.05, 4.69) is 23.6 Å². The van der Waals surface area contributed by atoms with Crippen molar-refractivity contribution in [3.05, 3.63) is 29.3 Å². The molecule has 84 valence electrons. The van der Waals surface area contributed by atoms with Gasteiger partial charge in [-0.1, -0.05) is 12.1 Å². The van der Waals surface area contributed by atoms with Crippen LogP contribution in [0.15, 0.2) is 18.2 Å². The molecule has 0 aromatic heterocycles. The molecule has 0 bridgehead atoms. The summed E-state index contributed by atoms with van der Waals surface area (Å²) in [5.74, 6) is 0.134. The van der Waals surface area contributed by atoms with E-state index in [0.29, 0.717) is 6.04 Å². The largest absolute Gasteiger partial charge is 0.325 e. The number of anilines is 1. The quantitative estimate of drug-likeness (QED) is 0.808. The number of amides is 1. The van der Waals surface area contributed by atoms with Gasteiger partial charge in [-0.2, -0.15) is 0 Å². The highest BCUT2D eigenvalue weighted by molar-refractivity contribution is 6.03. The van der Waals surface area contributed by atoms with Crippen LogP contribution in [0.3, 0.4) is 0 Å². The number of hydrogen-bond donors (Lipinski definition) is 2. The molecule has 16 heavy (non-hydrogen) atoms. The summed E-state index contributed by atoms with van der Waals surface area (Å²) in [4.78, 5) is 11.9. The minimum Gasteiger partial charge on any atom is -0.325 e. The Kier molecular flexibility index (Phi) is 2.21. The molecule has 1 aliphatic heterocycles. The van der Waals surface area contributed by atoms with Crippen molar-refractivity contribution in [2.24, 2.45) is 0 Å². The van der Waals surface area contributed by atoms with E-state index in [4.69, 9.17) is 0 Å². The molecule has 1 fully saturated rings. The molecule has 1 atom stereocenters. The molecule has 2 aliphatic rings. The second-order valence-corrected chi connectivity index (χ2v) is 4.76. The maximum absolute atomic E-state index is 11.9. The van der Waals surface area contributed by atoms with Crippen molar-refractivity contribution in [1.82, 2.24) is 5.32 Å². The molecule has 1 unspecified atom stereocenters. The van der Waals surface area contributed by atoms with Crippen molar-refractivity contribution in [1.29, 1.82) is 0 Å². The Labute approximate surface area is 95.2 Å². The van der Waals surface area contributed by atoms with Gasteiger partial charge in [0, 0.05) is 18.3 Å². The Morgan fingerprint density at radius 3 is 3.00 bits per heavy atom. The molecule has 1 amide bonds. The van der Waals surface area contributed by atoms with Crippen molar-refractivity contribution in [2.45, 2.75) is 31.7 Å². The zero-order valence-electron chi connectivity index (χ0n) is 9.42. The lowest BCUT2D eigenvalue weighted by Crippen LogP contribution is -2.27. The first-order valence-electron chi connectivity index (χ1n) is 5.89. The van der Waals surface area contributed by atoms with Crippen molar-refractivity contribution in [3.63, 3.8) is 0 Å². The maximum atomic E-state index is 11.9. The highest BCUT2D eigenvalue weighted by Crippen LogP contribution is 2.35. The first-order chi connectivity index (χ1) is 7.75. The molecule has 0 saturated heterocycles. The Morgan fingerprint density at radius 1 is 1.44 bits per heavy atom. The van der Waals surface area contributed by atoms with E-state index in [-0.39, 0.29) is 11.8 Å². The van der Waals surface area contributed by atoms with Gasteiger partial charge in [0.15, 0.2) is 0 Å². The van der Waals surface area contributed by atoms with E-state index in [1.165, 1.54) is 24.0 Å². The predicted molar refractivity (Wildman–Crippen MR) is 63.6 cm³/mol. The van der Waals surface area contributed by atoms with Crippen LogP contribution in [0.2, 0.25) is 0 Å². The zero-order chi connectivity index (χ0) is 11.1. The number of carbonyl (C=O) groups is 1. The lowest BCUT2D eigenvalue weighted by atomic mass is 9.96. The number of rotatable bonds is 3. The average Bonchev–Trinajstić information content (AvgIpc) is 3.00. The third kappa shape index (κ3) is 1.61. The Morgan fingerprint density at radius 2 is 2.25 bits per heavy atom. The highest BCUT2D eigenvalue weighted by atomic mass is 16.2. The monoisotopic (exact) mass is 216 g/mol. The lowest BCUT2D eigenvalue weighted by molar-refractivity contribution is -0.116. The van der Waals surface area contributed by atoms with E-state index < -0.39 is 0 Å². The molecule has 3 heteroatoms. The standard InChI is InChI=1S/C13H16N2O/c1-8-3-2-4-11-12(8)10(13(16)15-11)7-14-9-5-6-9/h2-4,9-10,14H,5-7H2,1H3,(H,15,16). The van der Waals surface area contributed by atoms with Crippen molar-refractivity contribution in [3.8, 4) is 0 Å². The van der Waals surface area contributed by atoms with Crippen LogP contribution >= 0.6 is 0 Å². The maximum Gasteiger partial charge on any atom is 0.233 e. The number of carbonyl (C=O) groups excluding carboxylic acids is 1. The molecular weight excluding hydrogens is 200 g/mol. The number of hydrogen-bond acceptors (Lipinski definition) is 2. The molecular formula is C13H16N2O. The van der Waals surface area contributed by atoms with Crippen molar-refractivity contribution in [2.75, 3.05) is 11.9 Å². The smallest absolute Gasteiger partial charge is 0.233 e. The SMILES string of the molecule is Cc1cccc2c1C(CNC1CC1)C(=O)N2. The van der Waals surface area contributed by atoms with Gasteiger partial charge in [0.1, 0.15) is 0 Å². The molecule has 1 heterocycles. The molecule has 0 radical (unpaired) electrons. The summed E-state index contributed by atoms with van der Waals surface area (Å²) >= 11 is 0. The first kappa shape index (κ1) is 9.85. The van der Waals surface area contributed by atoms with Crippen LogP contribution in [0.1, 0.15) is 29.9 Å². The summed E-state index contributed by atoms with van der Waals surface area (Å²) in [7, 11) is 0. The van der Waals surface area contributed by atoms with Gasteiger partial charge >= 0.3 is 0 Å².